The number of para-hydroxylation sites is 2. The van der Waals surface area contributed by atoms with Crippen LogP contribution in [-0.4, -0.2) is 19.7 Å². The van der Waals surface area contributed by atoms with E-state index in [1.807, 2.05) is 72.8 Å². The average molecular weight is 491 g/mol. The first-order valence-corrected chi connectivity index (χ1v) is 11.3. The Kier molecular flexibility index (Phi) is 5.40. The Hall–Kier alpha value is -3.23. The van der Waals surface area contributed by atoms with Crippen molar-refractivity contribution in [1.82, 2.24) is 19.7 Å². The maximum Gasteiger partial charge on any atom is 0.266 e. The largest absolute Gasteiger partial charge is 0.420 e. The Morgan fingerprint density at radius 1 is 0.903 bits per heavy atom. The smallest absolute Gasteiger partial charge is 0.266 e. The van der Waals surface area contributed by atoms with Gasteiger partial charge in [-0.15, -0.1) is 10.2 Å². The molecule has 3 aromatic carbocycles. The highest BCUT2D eigenvalue weighted by Gasteiger charge is 2.15. The molecule has 2 heterocycles. The van der Waals surface area contributed by atoms with Crippen molar-refractivity contribution in [2.75, 3.05) is 0 Å². The summed E-state index contributed by atoms with van der Waals surface area (Å²) in [5, 5.41) is 9.44. The maximum atomic E-state index is 13.2. The summed E-state index contributed by atoms with van der Waals surface area (Å²) in [4.78, 5) is 18.0. The zero-order chi connectivity index (χ0) is 21.2. The zero-order valence-electron chi connectivity index (χ0n) is 16.1. The molecule has 0 atom stereocenters. The zero-order valence-corrected chi connectivity index (χ0v) is 18.5. The second-order valence-corrected chi connectivity index (χ2v) is 8.54. The van der Waals surface area contributed by atoms with E-state index in [0.717, 1.165) is 15.7 Å². The van der Waals surface area contributed by atoms with Gasteiger partial charge in [-0.2, -0.15) is 0 Å². The van der Waals surface area contributed by atoms with Crippen molar-refractivity contribution in [3.05, 3.63) is 99.6 Å². The highest BCUT2D eigenvalue weighted by Crippen LogP contribution is 2.26. The predicted molar refractivity (Wildman–Crippen MR) is 124 cm³/mol. The van der Waals surface area contributed by atoms with Crippen LogP contribution in [0.15, 0.2) is 97.7 Å². The fourth-order valence-electron chi connectivity index (χ4n) is 3.16. The van der Waals surface area contributed by atoms with Crippen molar-refractivity contribution in [1.29, 1.82) is 0 Å². The second-order valence-electron chi connectivity index (χ2n) is 6.68. The number of fused-ring (bicyclic) bond motifs is 1. The molecule has 2 aromatic heterocycles. The van der Waals surface area contributed by atoms with Gasteiger partial charge in [0.05, 0.1) is 22.3 Å². The van der Waals surface area contributed by atoms with E-state index in [-0.39, 0.29) is 5.56 Å². The number of rotatable bonds is 5. The molecule has 0 radical (unpaired) electrons. The van der Waals surface area contributed by atoms with Crippen LogP contribution in [0.3, 0.4) is 0 Å². The summed E-state index contributed by atoms with van der Waals surface area (Å²) in [5.74, 6) is 1.31. The lowest BCUT2D eigenvalue weighted by Gasteiger charge is -2.12. The van der Waals surface area contributed by atoms with Crippen molar-refractivity contribution in [3.63, 3.8) is 0 Å². The fraction of sp³-hybridized carbons (Fsp3) is 0.0435. The van der Waals surface area contributed by atoms with Crippen LogP contribution in [0.5, 0.6) is 0 Å². The lowest BCUT2D eigenvalue weighted by Crippen LogP contribution is -2.21. The topological polar surface area (TPSA) is 73.8 Å². The number of hydrogen-bond donors (Lipinski definition) is 0. The standard InChI is InChI=1S/C23H15BrN4O2S/c24-16-12-10-15(11-13-16)21-27-26-20(30-21)14-31-23-25-19-9-5-4-8-18(19)22(29)28(23)17-6-2-1-3-7-17/h1-13H,14H2. The number of halogens is 1. The van der Waals surface area contributed by atoms with Crippen LogP contribution < -0.4 is 5.56 Å². The number of thioether (sulfide) groups is 1. The van der Waals surface area contributed by atoms with Crippen LogP contribution in [-0.2, 0) is 5.75 Å². The molecule has 5 rings (SSSR count). The van der Waals surface area contributed by atoms with E-state index in [1.54, 1.807) is 10.6 Å². The number of hydrogen-bond acceptors (Lipinski definition) is 6. The number of benzene rings is 3. The number of nitrogens with zero attached hydrogens (tertiary/aromatic N) is 4. The highest BCUT2D eigenvalue weighted by molar-refractivity contribution is 9.10. The monoisotopic (exact) mass is 490 g/mol. The Labute approximate surface area is 190 Å². The molecule has 0 spiro atoms. The van der Waals surface area contributed by atoms with Crippen molar-refractivity contribution in [3.8, 4) is 17.1 Å². The molecule has 5 aromatic rings. The van der Waals surface area contributed by atoms with Gasteiger partial charge in [-0.05, 0) is 48.5 Å². The summed E-state index contributed by atoms with van der Waals surface area (Å²) < 4.78 is 8.42. The molecule has 6 nitrogen and oxygen atoms in total. The minimum absolute atomic E-state index is 0.111. The van der Waals surface area contributed by atoms with Gasteiger partial charge in [-0.3, -0.25) is 9.36 Å². The first-order chi connectivity index (χ1) is 15.2. The van der Waals surface area contributed by atoms with Crippen LogP contribution in [0.1, 0.15) is 5.89 Å². The molecule has 0 saturated heterocycles. The van der Waals surface area contributed by atoms with Gasteiger partial charge < -0.3 is 4.42 Å². The van der Waals surface area contributed by atoms with Gasteiger partial charge in [-0.25, -0.2) is 4.98 Å². The molecular weight excluding hydrogens is 476 g/mol. The third kappa shape index (κ3) is 4.04. The fourth-order valence-corrected chi connectivity index (χ4v) is 4.28. The maximum absolute atomic E-state index is 13.2. The Morgan fingerprint density at radius 3 is 2.45 bits per heavy atom. The molecular formula is C23H15BrN4O2S. The molecule has 8 heteroatoms. The summed E-state index contributed by atoms with van der Waals surface area (Å²) in [5.41, 5.74) is 2.15. The first-order valence-electron chi connectivity index (χ1n) is 9.47. The average Bonchev–Trinajstić information content (AvgIpc) is 3.28. The third-order valence-corrected chi connectivity index (χ3v) is 6.09. The molecule has 0 amide bonds. The van der Waals surface area contributed by atoms with Crippen molar-refractivity contribution in [2.24, 2.45) is 0 Å². The lowest BCUT2D eigenvalue weighted by molar-refractivity contribution is 0.528. The minimum Gasteiger partial charge on any atom is -0.420 e. The van der Waals surface area contributed by atoms with E-state index in [4.69, 9.17) is 9.40 Å². The molecule has 31 heavy (non-hydrogen) atoms. The van der Waals surface area contributed by atoms with Crippen molar-refractivity contribution in [2.45, 2.75) is 10.9 Å². The second kappa shape index (κ2) is 8.49. The van der Waals surface area contributed by atoms with E-state index in [2.05, 4.69) is 26.1 Å². The van der Waals surface area contributed by atoms with Crippen LogP contribution >= 0.6 is 27.7 Å². The Morgan fingerprint density at radius 2 is 1.65 bits per heavy atom. The third-order valence-electron chi connectivity index (χ3n) is 4.64. The Balaban J connectivity index is 1.49. The van der Waals surface area contributed by atoms with Gasteiger partial charge in [-0.1, -0.05) is 58.0 Å². The summed E-state index contributed by atoms with van der Waals surface area (Å²) in [7, 11) is 0. The SMILES string of the molecule is O=c1c2ccccc2nc(SCc2nnc(-c3ccc(Br)cc3)o2)n1-c1ccccc1. The molecule has 0 bridgehead atoms. The molecule has 0 saturated carbocycles. The molecule has 0 fully saturated rings. The summed E-state index contributed by atoms with van der Waals surface area (Å²) in [6.07, 6.45) is 0. The van der Waals surface area contributed by atoms with Gasteiger partial charge in [0.2, 0.25) is 11.8 Å². The van der Waals surface area contributed by atoms with Crippen LogP contribution in [0.4, 0.5) is 0 Å². The van der Waals surface area contributed by atoms with E-state index in [9.17, 15) is 4.79 Å². The summed E-state index contributed by atoms with van der Waals surface area (Å²) in [6.45, 7) is 0. The lowest BCUT2D eigenvalue weighted by atomic mass is 10.2. The minimum atomic E-state index is -0.111. The van der Waals surface area contributed by atoms with Crippen LogP contribution in [0.2, 0.25) is 0 Å². The van der Waals surface area contributed by atoms with E-state index >= 15 is 0 Å². The predicted octanol–water partition coefficient (Wildman–Crippen LogP) is 5.49. The van der Waals surface area contributed by atoms with E-state index in [0.29, 0.717) is 33.6 Å². The van der Waals surface area contributed by atoms with Gasteiger partial charge in [0, 0.05) is 10.0 Å². The molecule has 0 aliphatic rings. The van der Waals surface area contributed by atoms with Gasteiger partial charge in [0.25, 0.3) is 5.56 Å². The van der Waals surface area contributed by atoms with E-state index in [1.165, 1.54) is 11.8 Å². The first kappa shape index (κ1) is 19.7. The van der Waals surface area contributed by atoms with Gasteiger partial charge in [0.1, 0.15) is 0 Å². The molecule has 0 aliphatic carbocycles. The molecule has 0 unspecified atom stereocenters. The Bertz CT molecular complexity index is 1420. The summed E-state index contributed by atoms with van der Waals surface area (Å²) >= 11 is 4.80. The van der Waals surface area contributed by atoms with Crippen molar-refractivity contribution < 1.29 is 4.42 Å². The highest BCUT2D eigenvalue weighted by atomic mass is 79.9. The van der Waals surface area contributed by atoms with Gasteiger partial charge in [0.15, 0.2) is 5.16 Å². The quantitative estimate of drug-likeness (QED) is 0.239. The van der Waals surface area contributed by atoms with Crippen LogP contribution in [0.25, 0.3) is 28.0 Å². The molecule has 152 valence electrons. The van der Waals surface area contributed by atoms with Crippen LogP contribution in [0, 0.1) is 0 Å². The van der Waals surface area contributed by atoms with Gasteiger partial charge >= 0.3 is 0 Å². The van der Waals surface area contributed by atoms with E-state index < -0.39 is 0 Å². The molecule has 0 N–H and O–H groups in total. The summed E-state index contributed by atoms with van der Waals surface area (Å²) in [6, 6.07) is 24.5. The van der Waals surface area contributed by atoms with Crippen molar-refractivity contribution >= 4 is 38.6 Å². The normalized spacial score (nSPS) is 11.1. The molecule has 0 aliphatic heterocycles. The number of aromatic nitrogens is 4.